The first-order valence-corrected chi connectivity index (χ1v) is 6.56. The van der Waals surface area contributed by atoms with Gasteiger partial charge in [-0.1, -0.05) is 26.7 Å². The fraction of sp³-hybridized carbons (Fsp3) is 0.714. The summed E-state index contributed by atoms with van der Waals surface area (Å²) in [6.07, 6.45) is 5.68. The van der Waals surface area contributed by atoms with E-state index in [-0.39, 0.29) is 11.9 Å². The van der Waals surface area contributed by atoms with Gasteiger partial charge in [-0.05, 0) is 38.2 Å². The average molecular weight is 238 g/mol. The molecule has 0 saturated heterocycles. The van der Waals surface area contributed by atoms with Gasteiger partial charge in [0, 0.05) is 0 Å². The van der Waals surface area contributed by atoms with Crippen LogP contribution in [-0.2, 0) is 14.3 Å². The van der Waals surface area contributed by atoms with Gasteiger partial charge in [-0.3, -0.25) is 4.79 Å². The molecule has 1 aliphatic heterocycles. The number of carbonyl (C=O) groups excluding carboxylic acids is 2. The Bertz CT molecular complexity index is 328. The normalized spacial score (nSPS) is 19.7. The number of Topliss-reactive ketones (excluding diaryl/α,β-unsaturated/α-hetero) is 1. The zero-order valence-corrected chi connectivity index (χ0v) is 11.0. The molecule has 0 aromatic heterocycles. The molecule has 0 aromatic carbocycles. The van der Waals surface area contributed by atoms with Gasteiger partial charge >= 0.3 is 5.97 Å². The van der Waals surface area contributed by atoms with Crippen LogP contribution in [0.5, 0.6) is 0 Å². The highest BCUT2D eigenvalue weighted by Crippen LogP contribution is 2.30. The topological polar surface area (TPSA) is 43.4 Å². The van der Waals surface area contributed by atoms with Crippen molar-refractivity contribution in [3.8, 4) is 0 Å². The Balaban J connectivity index is 2.86. The van der Waals surface area contributed by atoms with Crippen LogP contribution in [0.2, 0.25) is 0 Å². The molecular weight excluding hydrogens is 216 g/mol. The van der Waals surface area contributed by atoms with Crippen molar-refractivity contribution in [3.05, 3.63) is 11.1 Å². The van der Waals surface area contributed by atoms with Gasteiger partial charge in [-0.15, -0.1) is 0 Å². The lowest BCUT2D eigenvalue weighted by atomic mass is 9.95. The Labute approximate surface area is 103 Å². The lowest BCUT2D eigenvalue weighted by Crippen LogP contribution is -2.11. The van der Waals surface area contributed by atoms with Crippen molar-refractivity contribution < 1.29 is 14.3 Å². The first-order valence-electron chi connectivity index (χ1n) is 6.56. The molecule has 0 spiro atoms. The molecule has 3 heteroatoms. The van der Waals surface area contributed by atoms with Crippen molar-refractivity contribution in [3.63, 3.8) is 0 Å². The highest BCUT2D eigenvalue weighted by atomic mass is 16.5. The molecule has 96 valence electrons. The number of hydrogen-bond donors (Lipinski definition) is 0. The number of unbranched alkanes of at least 4 members (excludes halogenated alkanes) is 2. The quantitative estimate of drug-likeness (QED) is 0.505. The molecule has 1 unspecified atom stereocenters. The fourth-order valence-electron chi connectivity index (χ4n) is 2.20. The van der Waals surface area contributed by atoms with Crippen LogP contribution in [0.3, 0.4) is 0 Å². The highest BCUT2D eigenvalue weighted by Gasteiger charge is 2.35. The van der Waals surface area contributed by atoms with E-state index in [1.165, 1.54) is 6.92 Å². The standard InChI is InChI=1S/C14H22O3/c1-4-6-8-11-12(9-7-5-2)17-14(16)13(11)10(3)15/h12H,4-9H2,1-3H3. The third kappa shape index (κ3) is 3.42. The minimum atomic E-state index is -0.412. The summed E-state index contributed by atoms with van der Waals surface area (Å²) in [5.74, 6) is -0.565. The molecular formula is C14H22O3. The van der Waals surface area contributed by atoms with Crippen molar-refractivity contribution in [2.75, 3.05) is 0 Å². The van der Waals surface area contributed by atoms with Crippen LogP contribution in [0, 0.1) is 0 Å². The van der Waals surface area contributed by atoms with E-state index in [4.69, 9.17) is 4.74 Å². The van der Waals surface area contributed by atoms with Crippen molar-refractivity contribution in [1.82, 2.24) is 0 Å². The predicted molar refractivity (Wildman–Crippen MR) is 66.6 cm³/mol. The summed E-state index contributed by atoms with van der Waals surface area (Å²) < 4.78 is 5.31. The molecule has 0 amide bonds. The summed E-state index contributed by atoms with van der Waals surface area (Å²) in [6, 6.07) is 0. The van der Waals surface area contributed by atoms with Crippen molar-refractivity contribution in [2.24, 2.45) is 0 Å². The number of carbonyl (C=O) groups is 2. The smallest absolute Gasteiger partial charge is 0.342 e. The molecule has 0 saturated carbocycles. The predicted octanol–water partition coefficient (Wildman–Crippen LogP) is 3.18. The lowest BCUT2D eigenvalue weighted by molar-refractivity contribution is -0.140. The molecule has 0 N–H and O–H groups in total. The second-order valence-corrected chi connectivity index (χ2v) is 4.60. The highest BCUT2D eigenvalue weighted by molar-refractivity contribution is 6.18. The second kappa shape index (κ2) is 6.58. The van der Waals surface area contributed by atoms with Crippen LogP contribution >= 0.6 is 0 Å². The summed E-state index contributed by atoms with van der Waals surface area (Å²) in [6.45, 7) is 5.66. The maximum atomic E-state index is 11.7. The number of hydrogen-bond acceptors (Lipinski definition) is 3. The molecule has 1 rings (SSSR count). The van der Waals surface area contributed by atoms with Crippen molar-refractivity contribution in [2.45, 2.75) is 65.4 Å². The maximum absolute atomic E-state index is 11.7. The van der Waals surface area contributed by atoms with Crippen LogP contribution in [0.1, 0.15) is 59.3 Å². The van der Waals surface area contributed by atoms with Gasteiger partial charge in [0.1, 0.15) is 11.7 Å². The molecule has 1 aliphatic rings. The summed E-state index contributed by atoms with van der Waals surface area (Å²) in [5, 5.41) is 0. The Morgan fingerprint density at radius 2 is 1.88 bits per heavy atom. The number of cyclic esters (lactones) is 1. The van der Waals surface area contributed by atoms with Crippen LogP contribution in [-0.4, -0.2) is 17.9 Å². The summed E-state index contributed by atoms with van der Waals surface area (Å²) >= 11 is 0. The first-order chi connectivity index (χ1) is 8.11. The molecule has 0 fully saturated rings. The summed E-state index contributed by atoms with van der Waals surface area (Å²) in [5.41, 5.74) is 1.26. The van der Waals surface area contributed by atoms with Crippen LogP contribution in [0.4, 0.5) is 0 Å². The molecule has 0 bridgehead atoms. The summed E-state index contributed by atoms with van der Waals surface area (Å²) in [7, 11) is 0. The van der Waals surface area contributed by atoms with E-state index < -0.39 is 5.97 Å². The summed E-state index contributed by atoms with van der Waals surface area (Å²) in [4.78, 5) is 23.2. The Morgan fingerprint density at radius 1 is 1.24 bits per heavy atom. The van der Waals surface area contributed by atoms with Gasteiger partial charge in [-0.25, -0.2) is 4.79 Å². The number of ketones is 1. The molecule has 1 atom stereocenters. The van der Waals surface area contributed by atoms with E-state index in [0.29, 0.717) is 5.57 Å². The molecule has 3 nitrogen and oxygen atoms in total. The van der Waals surface area contributed by atoms with E-state index in [2.05, 4.69) is 13.8 Å². The number of rotatable bonds is 7. The van der Waals surface area contributed by atoms with Crippen LogP contribution < -0.4 is 0 Å². The SMILES string of the molecule is CCCCC1=C(C(C)=O)C(=O)OC1CCCC. The van der Waals surface area contributed by atoms with Crippen LogP contribution in [0.25, 0.3) is 0 Å². The average Bonchev–Trinajstić information content (AvgIpc) is 2.60. The van der Waals surface area contributed by atoms with E-state index in [1.54, 1.807) is 0 Å². The van der Waals surface area contributed by atoms with Gasteiger partial charge in [0.15, 0.2) is 5.78 Å². The maximum Gasteiger partial charge on any atom is 0.342 e. The minimum absolute atomic E-state index is 0.145. The van der Waals surface area contributed by atoms with Gasteiger partial charge in [-0.2, -0.15) is 0 Å². The largest absolute Gasteiger partial charge is 0.454 e. The van der Waals surface area contributed by atoms with E-state index in [0.717, 1.165) is 44.1 Å². The Morgan fingerprint density at radius 3 is 2.41 bits per heavy atom. The van der Waals surface area contributed by atoms with Gasteiger partial charge in [0.25, 0.3) is 0 Å². The molecule has 0 aromatic rings. The fourth-order valence-corrected chi connectivity index (χ4v) is 2.20. The van der Waals surface area contributed by atoms with Gasteiger partial charge in [0.2, 0.25) is 0 Å². The second-order valence-electron chi connectivity index (χ2n) is 4.60. The molecule has 0 aliphatic carbocycles. The monoisotopic (exact) mass is 238 g/mol. The third-order valence-corrected chi connectivity index (χ3v) is 3.13. The van der Waals surface area contributed by atoms with E-state index in [1.807, 2.05) is 0 Å². The molecule has 17 heavy (non-hydrogen) atoms. The van der Waals surface area contributed by atoms with Crippen LogP contribution in [0.15, 0.2) is 11.1 Å². The first kappa shape index (κ1) is 13.9. The minimum Gasteiger partial charge on any atom is -0.454 e. The van der Waals surface area contributed by atoms with Gasteiger partial charge < -0.3 is 4.74 Å². The number of ether oxygens (including phenoxy) is 1. The zero-order chi connectivity index (χ0) is 12.8. The van der Waals surface area contributed by atoms with Crippen molar-refractivity contribution >= 4 is 11.8 Å². The lowest BCUT2D eigenvalue weighted by Gasteiger charge is -2.13. The van der Waals surface area contributed by atoms with E-state index >= 15 is 0 Å². The number of esters is 1. The molecule has 1 heterocycles. The third-order valence-electron chi connectivity index (χ3n) is 3.13. The molecule has 0 radical (unpaired) electrons. The zero-order valence-electron chi connectivity index (χ0n) is 11.0. The van der Waals surface area contributed by atoms with E-state index in [9.17, 15) is 9.59 Å². The van der Waals surface area contributed by atoms with Gasteiger partial charge in [0.05, 0.1) is 0 Å². The Hall–Kier alpha value is -1.12. The Kier molecular flexibility index (Phi) is 5.39. The van der Waals surface area contributed by atoms with Crippen molar-refractivity contribution in [1.29, 1.82) is 0 Å².